The number of nitro benzene ring substituents is 1. The molecular formula is C20H21N5O5S. The van der Waals surface area contributed by atoms with Crippen molar-refractivity contribution in [3.8, 4) is 22.9 Å². The predicted octanol–water partition coefficient (Wildman–Crippen LogP) is 3.62. The van der Waals surface area contributed by atoms with E-state index in [1.54, 1.807) is 26.4 Å². The zero-order valence-corrected chi connectivity index (χ0v) is 18.0. The van der Waals surface area contributed by atoms with Crippen LogP contribution in [0.3, 0.4) is 0 Å². The number of methoxy groups -OCH3 is 2. The maximum Gasteiger partial charge on any atom is 0.271 e. The number of nitro groups is 1. The molecule has 0 saturated heterocycles. The standard InChI is InChI=1S/C20H21N5O5S/c1-4-24-19(13-8-16(29-2)11-17(9-13)30-3)22-23-20(24)31-12-18(26)21-14-6-5-7-15(10-14)25(27)28/h5-11H,4,12H2,1-3H3,(H,21,26). The molecule has 0 aliphatic carbocycles. The average Bonchev–Trinajstić information content (AvgIpc) is 3.20. The van der Waals surface area contributed by atoms with E-state index in [4.69, 9.17) is 9.47 Å². The number of anilines is 1. The van der Waals surface area contributed by atoms with Gasteiger partial charge in [-0.25, -0.2) is 0 Å². The van der Waals surface area contributed by atoms with Gasteiger partial charge in [-0.05, 0) is 25.1 Å². The highest BCUT2D eigenvalue weighted by atomic mass is 32.2. The van der Waals surface area contributed by atoms with Gasteiger partial charge in [-0.2, -0.15) is 0 Å². The molecule has 162 valence electrons. The largest absolute Gasteiger partial charge is 0.497 e. The van der Waals surface area contributed by atoms with Crippen LogP contribution >= 0.6 is 11.8 Å². The minimum atomic E-state index is -0.511. The fourth-order valence-corrected chi connectivity index (χ4v) is 3.66. The van der Waals surface area contributed by atoms with Gasteiger partial charge < -0.3 is 19.4 Å². The first-order valence-corrected chi connectivity index (χ1v) is 10.3. The Labute approximate surface area is 182 Å². The number of nitrogens with one attached hydrogen (secondary N) is 1. The number of aromatic nitrogens is 3. The lowest BCUT2D eigenvalue weighted by Crippen LogP contribution is -2.14. The van der Waals surface area contributed by atoms with Gasteiger partial charge in [0.1, 0.15) is 11.5 Å². The summed E-state index contributed by atoms with van der Waals surface area (Å²) < 4.78 is 12.5. The van der Waals surface area contributed by atoms with Crippen molar-refractivity contribution in [1.82, 2.24) is 14.8 Å². The second kappa shape index (κ2) is 9.94. The van der Waals surface area contributed by atoms with Crippen molar-refractivity contribution >= 4 is 29.0 Å². The number of amides is 1. The third kappa shape index (κ3) is 5.31. The van der Waals surface area contributed by atoms with Crippen molar-refractivity contribution in [3.63, 3.8) is 0 Å². The van der Waals surface area contributed by atoms with Crippen molar-refractivity contribution in [2.24, 2.45) is 0 Å². The fourth-order valence-electron chi connectivity index (χ4n) is 2.86. The minimum absolute atomic E-state index is 0.0717. The summed E-state index contributed by atoms with van der Waals surface area (Å²) in [6.45, 7) is 2.55. The second-order valence-corrected chi connectivity index (χ2v) is 7.24. The maximum absolute atomic E-state index is 12.3. The number of hydrogen-bond donors (Lipinski definition) is 1. The summed E-state index contributed by atoms with van der Waals surface area (Å²) in [6.07, 6.45) is 0. The zero-order valence-electron chi connectivity index (χ0n) is 17.2. The first-order valence-electron chi connectivity index (χ1n) is 9.29. The van der Waals surface area contributed by atoms with Crippen LogP contribution in [0.4, 0.5) is 11.4 Å². The summed E-state index contributed by atoms with van der Waals surface area (Å²) >= 11 is 1.23. The normalized spacial score (nSPS) is 10.5. The molecule has 31 heavy (non-hydrogen) atoms. The number of hydrogen-bond acceptors (Lipinski definition) is 8. The van der Waals surface area contributed by atoms with Crippen LogP contribution < -0.4 is 14.8 Å². The quantitative estimate of drug-likeness (QED) is 0.302. The third-order valence-corrected chi connectivity index (χ3v) is 5.28. The molecule has 0 atom stereocenters. The van der Waals surface area contributed by atoms with Crippen molar-refractivity contribution in [3.05, 3.63) is 52.6 Å². The van der Waals surface area contributed by atoms with Gasteiger partial charge in [0.2, 0.25) is 5.91 Å². The molecule has 10 nitrogen and oxygen atoms in total. The van der Waals surface area contributed by atoms with Crippen LogP contribution in [0.15, 0.2) is 47.6 Å². The minimum Gasteiger partial charge on any atom is -0.497 e. The van der Waals surface area contributed by atoms with Gasteiger partial charge in [-0.1, -0.05) is 17.8 Å². The topological polar surface area (TPSA) is 121 Å². The Morgan fingerprint density at radius 3 is 2.48 bits per heavy atom. The number of benzene rings is 2. The lowest BCUT2D eigenvalue weighted by atomic mass is 10.2. The Bertz CT molecular complexity index is 1080. The lowest BCUT2D eigenvalue weighted by molar-refractivity contribution is -0.384. The predicted molar refractivity (Wildman–Crippen MR) is 117 cm³/mol. The van der Waals surface area contributed by atoms with Crippen molar-refractivity contribution in [2.45, 2.75) is 18.6 Å². The lowest BCUT2D eigenvalue weighted by Gasteiger charge is -2.10. The van der Waals surface area contributed by atoms with Crippen LogP contribution in [0.1, 0.15) is 6.92 Å². The Kier molecular flexibility index (Phi) is 7.08. The van der Waals surface area contributed by atoms with Crippen molar-refractivity contribution in [2.75, 3.05) is 25.3 Å². The average molecular weight is 443 g/mol. The third-order valence-electron chi connectivity index (χ3n) is 4.32. The molecule has 2 aromatic carbocycles. The number of carbonyl (C=O) groups excluding carboxylic acids is 1. The first-order chi connectivity index (χ1) is 14.9. The highest BCUT2D eigenvalue weighted by Crippen LogP contribution is 2.31. The molecule has 0 saturated carbocycles. The van der Waals surface area contributed by atoms with E-state index in [0.29, 0.717) is 34.7 Å². The van der Waals surface area contributed by atoms with E-state index < -0.39 is 4.92 Å². The van der Waals surface area contributed by atoms with Gasteiger partial charge in [0.25, 0.3) is 5.69 Å². The molecule has 1 N–H and O–H groups in total. The van der Waals surface area contributed by atoms with Gasteiger partial charge >= 0.3 is 0 Å². The van der Waals surface area contributed by atoms with Gasteiger partial charge in [0, 0.05) is 36.0 Å². The molecule has 0 aliphatic heterocycles. The Balaban J connectivity index is 1.74. The van der Waals surface area contributed by atoms with E-state index in [1.165, 1.54) is 30.0 Å². The summed E-state index contributed by atoms with van der Waals surface area (Å²) in [5.41, 5.74) is 1.05. The van der Waals surface area contributed by atoms with E-state index in [-0.39, 0.29) is 17.3 Å². The molecule has 1 heterocycles. The number of rotatable bonds is 9. The zero-order chi connectivity index (χ0) is 22.4. The molecule has 1 amide bonds. The van der Waals surface area contributed by atoms with E-state index in [0.717, 1.165) is 5.56 Å². The molecule has 1 aromatic heterocycles. The monoisotopic (exact) mass is 443 g/mol. The molecule has 11 heteroatoms. The fraction of sp³-hybridized carbons (Fsp3) is 0.250. The highest BCUT2D eigenvalue weighted by Gasteiger charge is 2.17. The van der Waals surface area contributed by atoms with Crippen LogP contribution in [-0.4, -0.2) is 45.6 Å². The smallest absolute Gasteiger partial charge is 0.271 e. The number of nitrogens with zero attached hydrogens (tertiary/aromatic N) is 4. The first kappa shape index (κ1) is 22.1. The maximum atomic E-state index is 12.3. The van der Waals surface area contributed by atoms with E-state index in [2.05, 4.69) is 15.5 Å². The van der Waals surface area contributed by atoms with Crippen LogP contribution in [0.2, 0.25) is 0 Å². The molecule has 0 spiro atoms. The van der Waals surface area contributed by atoms with Gasteiger partial charge in [-0.15, -0.1) is 10.2 Å². The van der Waals surface area contributed by atoms with Gasteiger partial charge in [0.15, 0.2) is 11.0 Å². The summed E-state index contributed by atoms with van der Waals surface area (Å²) in [5, 5.41) is 22.6. The summed E-state index contributed by atoms with van der Waals surface area (Å²) in [7, 11) is 3.15. The van der Waals surface area contributed by atoms with Crippen LogP contribution in [0.5, 0.6) is 11.5 Å². The molecular weight excluding hydrogens is 422 g/mol. The number of non-ortho nitro benzene ring substituents is 1. The summed E-state index contributed by atoms with van der Waals surface area (Å²) in [5.74, 6) is 1.65. The number of ether oxygens (including phenoxy) is 2. The Hall–Kier alpha value is -3.60. The van der Waals surface area contributed by atoms with Crippen LogP contribution in [-0.2, 0) is 11.3 Å². The van der Waals surface area contributed by atoms with Crippen molar-refractivity contribution < 1.29 is 19.2 Å². The Morgan fingerprint density at radius 1 is 1.16 bits per heavy atom. The van der Waals surface area contributed by atoms with Crippen LogP contribution in [0.25, 0.3) is 11.4 Å². The van der Waals surface area contributed by atoms with Gasteiger partial charge in [-0.3, -0.25) is 14.9 Å². The molecule has 0 aliphatic rings. The molecule has 0 radical (unpaired) electrons. The Morgan fingerprint density at radius 2 is 1.87 bits per heavy atom. The summed E-state index contributed by atoms with van der Waals surface area (Å²) in [4.78, 5) is 22.7. The van der Waals surface area contributed by atoms with Gasteiger partial charge in [0.05, 0.1) is 24.9 Å². The SMILES string of the molecule is CCn1c(SCC(=O)Nc2cccc([N+](=O)[O-])c2)nnc1-c1cc(OC)cc(OC)c1. The van der Waals surface area contributed by atoms with E-state index >= 15 is 0 Å². The van der Waals surface area contributed by atoms with Crippen molar-refractivity contribution in [1.29, 1.82) is 0 Å². The molecule has 0 fully saturated rings. The molecule has 3 aromatic rings. The second-order valence-electron chi connectivity index (χ2n) is 6.30. The highest BCUT2D eigenvalue weighted by molar-refractivity contribution is 7.99. The molecule has 0 bridgehead atoms. The molecule has 3 rings (SSSR count). The molecule has 0 unspecified atom stereocenters. The number of carbonyl (C=O) groups is 1. The number of thioether (sulfide) groups is 1. The van der Waals surface area contributed by atoms with E-state index in [9.17, 15) is 14.9 Å². The van der Waals surface area contributed by atoms with Crippen LogP contribution in [0, 0.1) is 10.1 Å². The van der Waals surface area contributed by atoms with E-state index in [1.807, 2.05) is 23.6 Å². The summed E-state index contributed by atoms with van der Waals surface area (Å²) in [6, 6.07) is 11.2.